The fourth-order valence-corrected chi connectivity index (χ4v) is 3.21. The van der Waals surface area contributed by atoms with Crippen LogP contribution in [0.5, 0.6) is 0 Å². The highest BCUT2D eigenvalue weighted by Crippen LogP contribution is 2.49. The summed E-state index contributed by atoms with van der Waals surface area (Å²) in [5.41, 5.74) is 0.957. The van der Waals surface area contributed by atoms with Crippen molar-refractivity contribution in [2.45, 2.75) is 37.6 Å². The maximum absolute atomic E-state index is 12.9. The van der Waals surface area contributed by atoms with Crippen molar-refractivity contribution in [3.63, 3.8) is 0 Å². The molecule has 112 valence electrons. The van der Waals surface area contributed by atoms with E-state index in [9.17, 15) is 19.1 Å². The molecule has 2 aliphatic rings. The predicted octanol–water partition coefficient (Wildman–Crippen LogP) is 2.39. The number of benzene rings is 1. The molecule has 1 N–H and O–H groups in total. The number of carbonyl (C=O) groups excluding carboxylic acids is 1. The van der Waals surface area contributed by atoms with Gasteiger partial charge in [0.15, 0.2) is 0 Å². The van der Waals surface area contributed by atoms with E-state index in [1.54, 1.807) is 12.1 Å². The number of likely N-dealkylation sites (tertiary alicyclic amines) is 1. The second-order valence-corrected chi connectivity index (χ2v) is 5.88. The number of carboxylic acid groups (broad SMARTS) is 1. The summed E-state index contributed by atoms with van der Waals surface area (Å²) in [6.45, 7) is 0.530. The van der Waals surface area contributed by atoms with Crippen molar-refractivity contribution in [1.82, 2.24) is 4.90 Å². The Morgan fingerprint density at radius 1 is 1.19 bits per heavy atom. The second-order valence-electron chi connectivity index (χ2n) is 5.88. The van der Waals surface area contributed by atoms with E-state index in [2.05, 4.69) is 0 Å². The largest absolute Gasteiger partial charge is 0.480 e. The fraction of sp³-hybridized carbons (Fsp3) is 0.500. The molecule has 3 atom stereocenters. The van der Waals surface area contributed by atoms with Gasteiger partial charge in [-0.3, -0.25) is 4.79 Å². The molecule has 1 aliphatic heterocycles. The highest BCUT2D eigenvalue weighted by molar-refractivity contribution is 5.87. The first-order valence-corrected chi connectivity index (χ1v) is 7.36. The third-order valence-corrected chi connectivity index (χ3v) is 4.48. The molecule has 4 nitrogen and oxygen atoms in total. The lowest BCUT2D eigenvalue weighted by atomic mass is 10.0. The maximum atomic E-state index is 12.9. The van der Waals surface area contributed by atoms with Crippen molar-refractivity contribution >= 4 is 11.9 Å². The average molecular weight is 291 g/mol. The molecule has 2 fully saturated rings. The SMILES string of the molecule is O=C(O)[C@@H]1CCCCN1C(=O)[C@H]1C[C@@H]1c1ccc(F)cc1. The highest BCUT2D eigenvalue weighted by atomic mass is 19.1. The summed E-state index contributed by atoms with van der Waals surface area (Å²) >= 11 is 0. The number of aliphatic carboxylic acids is 1. The van der Waals surface area contributed by atoms with Crippen molar-refractivity contribution in [2.24, 2.45) is 5.92 Å². The number of hydrogen-bond acceptors (Lipinski definition) is 2. The van der Waals surface area contributed by atoms with Crippen LogP contribution in [0.15, 0.2) is 24.3 Å². The molecule has 5 heteroatoms. The monoisotopic (exact) mass is 291 g/mol. The Bertz CT molecular complexity index is 557. The van der Waals surface area contributed by atoms with E-state index in [-0.39, 0.29) is 23.6 Å². The molecule has 1 amide bonds. The van der Waals surface area contributed by atoms with Gasteiger partial charge in [-0.2, -0.15) is 0 Å². The summed E-state index contributed by atoms with van der Waals surface area (Å²) in [5, 5.41) is 9.24. The molecule has 0 radical (unpaired) electrons. The van der Waals surface area contributed by atoms with E-state index in [1.165, 1.54) is 17.0 Å². The Labute approximate surface area is 122 Å². The van der Waals surface area contributed by atoms with Gasteiger partial charge in [0.2, 0.25) is 5.91 Å². The van der Waals surface area contributed by atoms with Crippen LogP contribution in [0.1, 0.15) is 37.2 Å². The molecule has 0 unspecified atom stereocenters. The first-order valence-electron chi connectivity index (χ1n) is 7.36. The molecule has 0 spiro atoms. The maximum Gasteiger partial charge on any atom is 0.326 e. The molecule has 1 aliphatic carbocycles. The molecule has 1 saturated carbocycles. The number of piperidine rings is 1. The second kappa shape index (κ2) is 5.47. The third kappa shape index (κ3) is 2.77. The van der Waals surface area contributed by atoms with Gasteiger partial charge in [0.25, 0.3) is 0 Å². The summed E-state index contributed by atoms with van der Waals surface area (Å²) in [6.07, 6.45) is 2.98. The molecule has 1 saturated heterocycles. The number of carboxylic acids is 1. The Hall–Kier alpha value is -1.91. The highest BCUT2D eigenvalue weighted by Gasteiger charge is 2.48. The Balaban J connectivity index is 1.69. The van der Waals surface area contributed by atoms with Crippen molar-refractivity contribution in [3.05, 3.63) is 35.6 Å². The predicted molar refractivity (Wildman–Crippen MR) is 74.2 cm³/mol. The van der Waals surface area contributed by atoms with Gasteiger partial charge in [0.05, 0.1) is 0 Å². The van der Waals surface area contributed by atoms with Crippen molar-refractivity contribution in [3.8, 4) is 0 Å². The quantitative estimate of drug-likeness (QED) is 0.930. The smallest absolute Gasteiger partial charge is 0.326 e. The van der Waals surface area contributed by atoms with Gasteiger partial charge >= 0.3 is 5.97 Å². The van der Waals surface area contributed by atoms with E-state index in [0.29, 0.717) is 13.0 Å². The molecular formula is C16H18FNO3. The van der Waals surface area contributed by atoms with Crippen LogP contribution >= 0.6 is 0 Å². The van der Waals surface area contributed by atoms with Gasteiger partial charge in [-0.25, -0.2) is 9.18 Å². The molecule has 1 aromatic carbocycles. The van der Waals surface area contributed by atoms with Crippen LogP contribution in [0.3, 0.4) is 0 Å². The topological polar surface area (TPSA) is 57.6 Å². The van der Waals surface area contributed by atoms with Crippen molar-refractivity contribution < 1.29 is 19.1 Å². The molecular weight excluding hydrogens is 273 g/mol. The third-order valence-electron chi connectivity index (χ3n) is 4.48. The van der Waals surface area contributed by atoms with Crippen molar-refractivity contribution in [1.29, 1.82) is 0 Å². The van der Waals surface area contributed by atoms with Gasteiger partial charge in [-0.1, -0.05) is 12.1 Å². The lowest BCUT2D eigenvalue weighted by Gasteiger charge is -2.33. The Morgan fingerprint density at radius 3 is 2.57 bits per heavy atom. The zero-order valence-electron chi connectivity index (χ0n) is 11.7. The van der Waals surface area contributed by atoms with Crippen LogP contribution in [0.2, 0.25) is 0 Å². The lowest BCUT2D eigenvalue weighted by molar-refractivity contribution is -0.152. The van der Waals surface area contributed by atoms with Crippen LogP contribution in [-0.4, -0.2) is 34.5 Å². The zero-order valence-corrected chi connectivity index (χ0v) is 11.7. The zero-order chi connectivity index (χ0) is 15.0. The lowest BCUT2D eigenvalue weighted by Crippen LogP contribution is -2.48. The number of hydrogen-bond donors (Lipinski definition) is 1. The van der Waals surface area contributed by atoms with E-state index < -0.39 is 12.0 Å². The summed E-state index contributed by atoms with van der Waals surface area (Å²) in [5.74, 6) is -1.30. The number of halogens is 1. The van der Waals surface area contributed by atoms with Crippen LogP contribution in [0.4, 0.5) is 4.39 Å². The average Bonchev–Trinajstić information content (AvgIpc) is 3.27. The Morgan fingerprint density at radius 2 is 1.90 bits per heavy atom. The summed E-state index contributed by atoms with van der Waals surface area (Å²) < 4.78 is 12.9. The summed E-state index contributed by atoms with van der Waals surface area (Å²) in [6, 6.07) is 5.53. The molecule has 1 heterocycles. The van der Waals surface area contributed by atoms with Crippen LogP contribution in [-0.2, 0) is 9.59 Å². The summed E-state index contributed by atoms with van der Waals surface area (Å²) in [7, 11) is 0. The van der Waals surface area contributed by atoms with Crippen LogP contribution in [0.25, 0.3) is 0 Å². The Kier molecular flexibility index (Phi) is 3.66. The summed E-state index contributed by atoms with van der Waals surface area (Å²) in [4.78, 5) is 25.3. The van der Waals surface area contributed by atoms with Gasteiger partial charge < -0.3 is 10.0 Å². The normalized spacial score (nSPS) is 28.2. The van der Waals surface area contributed by atoms with Crippen LogP contribution in [0, 0.1) is 11.7 Å². The van der Waals surface area contributed by atoms with E-state index >= 15 is 0 Å². The minimum atomic E-state index is -0.915. The number of amides is 1. The standard InChI is InChI=1S/C16H18FNO3/c17-11-6-4-10(5-7-11)12-9-13(12)15(19)18-8-2-1-3-14(18)16(20)21/h4-7,12-14H,1-3,8-9H2,(H,20,21)/t12-,13+,14+/m1/s1. The van der Waals surface area contributed by atoms with Gasteiger partial charge in [-0.15, -0.1) is 0 Å². The number of carbonyl (C=O) groups is 2. The van der Waals surface area contributed by atoms with Gasteiger partial charge in [0, 0.05) is 12.5 Å². The number of nitrogens with zero attached hydrogens (tertiary/aromatic N) is 1. The fourth-order valence-electron chi connectivity index (χ4n) is 3.21. The molecule has 0 bridgehead atoms. The minimum Gasteiger partial charge on any atom is -0.480 e. The van der Waals surface area contributed by atoms with Crippen molar-refractivity contribution in [2.75, 3.05) is 6.54 Å². The minimum absolute atomic E-state index is 0.0589. The first kappa shape index (κ1) is 14.0. The van der Waals surface area contributed by atoms with E-state index in [4.69, 9.17) is 0 Å². The van der Waals surface area contributed by atoms with E-state index in [0.717, 1.165) is 24.8 Å². The molecule has 0 aromatic heterocycles. The number of rotatable bonds is 3. The molecule has 21 heavy (non-hydrogen) atoms. The molecule has 1 aromatic rings. The van der Waals surface area contributed by atoms with Crippen LogP contribution < -0.4 is 0 Å². The van der Waals surface area contributed by atoms with Gasteiger partial charge in [-0.05, 0) is 49.3 Å². The van der Waals surface area contributed by atoms with Gasteiger partial charge in [0.1, 0.15) is 11.9 Å². The van der Waals surface area contributed by atoms with E-state index in [1.807, 2.05) is 0 Å². The first-order chi connectivity index (χ1) is 10.1. The molecule has 3 rings (SSSR count).